The molecular formula is C29H39N5OS. The van der Waals surface area contributed by atoms with E-state index >= 15 is 0 Å². The molecule has 0 aromatic carbocycles. The Kier molecular flexibility index (Phi) is 8.16. The van der Waals surface area contributed by atoms with Crippen molar-refractivity contribution < 1.29 is 4.79 Å². The van der Waals surface area contributed by atoms with Gasteiger partial charge >= 0.3 is 0 Å². The van der Waals surface area contributed by atoms with E-state index in [-0.39, 0.29) is 16.9 Å². The van der Waals surface area contributed by atoms with Gasteiger partial charge in [0, 0.05) is 18.7 Å². The minimum absolute atomic E-state index is 0.0840. The fourth-order valence-corrected chi connectivity index (χ4v) is 4.96. The number of aryl methyl sites for hydroxylation is 1. The van der Waals surface area contributed by atoms with Crippen molar-refractivity contribution in [2.24, 2.45) is 12.5 Å². The van der Waals surface area contributed by atoms with Gasteiger partial charge in [-0.2, -0.15) is 0 Å². The van der Waals surface area contributed by atoms with Crippen LogP contribution >= 0.6 is 12.2 Å². The normalized spacial score (nSPS) is 21.5. The molecule has 2 aromatic heterocycles. The minimum atomic E-state index is -0.242. The summed E-state index contributed by atoms with van der Waals surface area (Å²) in [4.78, 5) is 23.7. The second kappa shape index (κ2) is 10.6. The number of likely N-dealkylation sites (N-methyl/N-ethyl adjacent to an activating group) is 1. The molecule has 2 heterocycles. The highest BCUT2D eigenvalue weighted by Crippen LogP contribution is 2.46. The van der Waals surface area contributed by atoms with Crippen LogP contribution < -0.4 is 0 Å². The molecule has 3 rings (SSSR count). The number of aromatic nitrogens is 4. The van der Waals surface area contributed by atoms with Crippen molar-refractivity contribution >= 4 is 29.3 Å². The van der Waals surface area contributed by atoms with Crippen LogP contribution in [-0.2, 0) is 7.05 Å². The fourth-order valence-electron chi connectivity index (χ4n) is 4.68. The second-order valence-electron chi connectivity index (χ2n) is 10.9. The zero-order chi connectivity index (χ0) is 26.8. The van der Waals surface area contributed by atoms with Crippen molar-refractivity contribution in [3.8, 4) is 0 Å². The van der Waals surface area contributed by atoms with E-state index in [1.165, 1.54) is 22.0 Å². The Morgan fingerprint density at radius 1 is 1.08 bits per heavy atom. The summed E-state index contributed by atoms with van der Waals surface area (Å²) >= 11 is 5.45. The Hall–Kier alpha value is -2.90. The lowest BCUT2D eigenvalue weighted by Gasteiger charge is -2.47. The van der Waals surface area contributed by atoms with Crippen LogP contribution in [0.4, 0.5) is 0 Å². The van der Waals surface area contributed by atoms with E-state index in [1.807, 2.05) is 26.1 Å². The Morgan fingerprint density at radius 3 is 2.44 bits per heavy atom. The number of carbonyl (C=O) groups excluding carboxylic acids is 1. The van der Waals surface area contributed by atoms with E-state index in [4.69, 9.17) is 12.2 Å². The maximum Gasteiger partial charge on any atom is 0.257 e. The molecule has 0 saturated carbocycles. The lowest BCUT2D eigenvalue weighted by Crippen LogP contribution is -2.47. The van der Waals surface area contributed by atoms with Crippen LogP contribution in [-0.4, -0.2) is 49.5 Å². The molecule has 192 valence electrons. The summed E-state index contributed by atoms with van der Waals surface area (Å²) in [5.74, 6) is -0.242. The number of allylic oxidation sites excluding steroid dienone is 9. The van der Waals surface area contributed by atoms with Crippen LogP contribution in [0.3, 0.4) is 0 Å². The Morgan fingerprint density at radius 2 is 1.78 bits per heavy atom. The standard InChI is InChI=1S/C29H39N5OS/c1-20(13-14-23-22(3)29(6,32(7)8)16-15-28(23,4)5)11-10-12-21(2)17-24(35)34-19-31-26-25(27(34)36)30-18-33(26)9/h10-14,17-19H,15-16H2,1-9H3/b12-10+,14-13+,20-11+,21-17+. The first-order valence-electron chi connectivity index (χ1n) is 12.3. The van der Waals surface area contributed by atoms with Gasteiger partial charge in [0.15, 0.2) is 5.65 Å². The Labute approximate surface area is 220 Å². The molecule has 0 amide bonds. The predicted molar refractivity (Wildman–Crippen MR) is 152 cm³/mol. The summed E-state index contributed by atoms with van der Waals surface area (Å²) in [5.41, 5.74) is 6.27. The van der Waals surface area contributed by atoms with Crippen LogP contribution in [0, 0.1) is 10.1 Å². The van der Waals surface area contributed by atoms with Crippen LogP contribution in [0.5, 0.6) is 0 Å². The molecule has 1 atom stereocenters. The molecule has 7 heteroatoms. The monoisotopic (exact) mass is 505 g/mol. The molecule has 0 bridgehead atoms. The molecule has 0 spiro atoms. The third kappa shape index (κ3) is 5.57. The van der Waals surface area contributed by atoms with Crippen LogP contribution in [0.25, 0.3) is 11.2 Å². The summed E-state index contributed by atoms with van der Waals surface area (Å²) in [6, 6.07) is 0. The van der Waals surface area contributed by atoms with Crippen LogP contribution in [0.1, 0.15) is 59.2 Å². The molecule has 0 radical (unpaired) electrons. The number of hydrogen-bond acceptors (Lipinski definition) is 5. The summed E-state index contributed by atoms with van der Waals surface area (Å²) < 4.78 is 3.50. The molecule has 1 aliphatic carbocycles. The first-order chi connectivity index (χ1) is 16.8. The van der Waals surface area contributed by atoms with E-state index in [0.717, 1.165) is 24.0 Å². The lowest BCUT2D eigenvalue weighted by atomic mass is 9.65. The Bertz CT molecular complexity index is 1380. The van der Waals surface area contributed by atoms with E-state index in [1.54, 1.807) is 17.0 Å². The fraction of sp³-hybridized carbons (Fsp3) is 0.448. The predicted octanol–water partition coefficient (Wildman–Crippen LogP) is 6.60. The lowest BCUT2D eigenvalue weighted by molar-refractivity contribution is 0.0965. The maximum absolute atomic E-state index is 12.8. The van der Waals surface area contributed by atoms with Crippen molar-refractivity contribution in [3.63, 3.8) is 0 Å². The largest absolute Gasteiger partial charge is 0.318 e. The molecular weight excluding hydrogens is 466 g/mol. The van der Waals surface area contributed by atoms with Crippen LogP contribution in [0.2, 0.25) is 0 Å². The van der Waals surface area contributed by atoms with Gasteiger partial charge in [-0.3, -0.25) is 9.36 Å². The summed E-state index contributed by atoms with van der Waals surface area (Å²) in [7, 11) is 6.18. The molecule has 6 nitrogen and oxygen atoms in total. The summed E-state index contributed by atoms with van der Waals surface area (Å²) in [6.45, 7) is 13.3. The maximum atomic E-state index is 12.8. The number of imidazole rings is 1. The van der Waals surface area contributed by atoms with E-state index in [9.17, 15) is 4.79 Å². The summed E-state index contributed by atoms with van der Waals surface area (Å²) in [5, 5.41) is 0. The first-order valence-corrected chi connectivity index (χ1v) is 12.7. The molecule has 0 fully saturated rings. The van der Waals surface area contributed by atoms with Gasteiger partial charge in [-0.1, -0.05) is 62.0 Å². The Balaban J connectivity index is 1.76. The molecule has 1 unspecified atom stereocenters. The SMILES string of the molecule is CC1=C(/C=C/C(C)=C/C=C/C(C)=C/C(=O)n2cnc3c(ncn3C)c2=S)C(C)(C)CCC1(C)N(C)C. The highest BCUT2D eigenvalue weighted by atomic mass is 32.1. The van der Waals surface area contributed by atoms with E-state index < -0.39 is 0 Å². The second-order valence-corrected chi connectivity index (χ2v) is 11.3. The molecule has 0 saturated heterocycles. The van der Waals surface area contributed by atoms with Crippen molar-refractivity contribution in [3.05, 3.63) is 76.0 Å². The number of carbonyl (C=O) groups is 1. The number of rotatable bonds is 6. The van der Waals surface area contributed by atoms with Crippen LogP contribution in [0.15, 0.2) is 71.4 Å². The molecule has 0 N–H and O–H groups in total. The van der Waals surface area contributed by atoms with Gasteiger partial charge in [-0.15, -0.1) is 0 Å². The third-order valence-electron chi connectivity index (χ3n) is 7.61. The average Bonchev–Trinajstić information content (AvgIpc) is 3.18. The highest BCUT2D eigenvalue weighted by molar-refractivity contribution is 7.71. The quantitative estimate of drug-likeness (QED) is 0.251. The van der Waals surface area contributed by atoms with Gasteiger partial charge in [-0.25, -0.2) is 9.97 Å². The zero-order valence-corrected chi connectivity index (χ0v) is 23.9. The molecule has 0 aliphatic heterocycles. The summed E-state index contributed by atoms with van der Waals surface area (Å²) in [6.07, 6.45) is 17.4. The topological polar surface area (TPSA) is 56.0 Å². The first kappa shape index (κ1) is 27.7. The number of fused-ring (bicyclic) bond motifs is 1. The molecule has 36 heavy (non-hydrogen) atoms. The number of hydrogen-bond donors (Lipinski definition) is 0. The van der Waals surface area contributed by atoms with Gasteiger partial charge in [0.1, 0.15) is 16.5 Å². The van der Waals surface area contributed by atoms with Gasteiger partial charge < -0.3 is 9.47 Å². The molecule has 2 aromatic rings. The minimum Gasteiger partial charge on any atom is -0.318 e. The molecule has 1 aliphatic rings. The third-order valence-corrected chi connectivity index (χ3v) is 8.00. The number of nitrogens with zero attached hydrogens (tertiary/aromatic N) is 5. The van der Waals surface area contributed by atoms with Gasteiger partial charge in [0.25, 0.3) is 5.91 Å². The average molecular weight is 506 g/mol. The van der Waals surface area contributed by atoms with E-state index in [2.05, 4.69) is 81.8 Å². The highest BCUT2D eigenvalue weighted by Gasteiger charge is 2.40. The van der Waals surface area contributed by atoms with Crippen molar-refractivity contribution in [2.45, 2.75) is 59.9 Å². The van der Waals surface area contributed by atoms with Gasteiger partial charge in [0.2, 0.25) is 0 Å². The van der Waals surface area contributed by atoms with Gasteiger partial charge in [-0.05, 0) is 76.8 Å². The van der Waals surface area contributed by atoms with Crippen molar-refractivity contribution in [1.29, 1.82) is 0 Å². The van der Waals surface area contributed by atoms with Crippen molar-refractivity contribution in [2.75, 3.05) is 14.1 Å². The zero-order valence-electron chi connectivity index (χ0n) is 23.1. The van der Waals surface area contributed by atoms with E-state index in [0.29, 0.717) is 15.8 Å². The van der Waals surface area contributed by atoms with Gasteiger partial charge in [0.05, 0.1) is 6.33 Å². The smallest absolute Gasteiger partial charge is 0.257 e. The van der Waals surface area contributed by atoms with Crippen molar-refractivity contribution in [1.82, 2.24) is 24.0 Å².